The zero-order valence-electron chi connectivity index (χ0n) is 22.4. The lowest BCUT2D eigenvalue weighted by atomic mass is 10.1. The molecule has 2 unspecified atom stereocenters. The molecule has 38 heavy (non-hydrogen) atoms. The van der Waals surface area contributed by atoms with Gasteiger partial charge in [0.05, 0.1) is 28.0 Å². The van der Waals surface area contributed by atoms with Crippen LogP contribution < -0.4 is 16.0 Å². The van der Waals surface area contributed by atoms with Gasteiger partial charge in [-0.1, -0.05) is 19.9 Å². The number of rotatable bonds is 11. The van der Waals surface area contributed by atoms with Gasteiger partial charge in [-0.05, 0) is 56.6 Å². The zero-order valence-corrected chi connectivity index (χ0v) is 23.2. The van der Waals surface area contributed by atoms with E-state index in [2.05, 4.69) is 46.7 Å². The number of carbonyl (C=O) groups is 2. The van der Waals surface area contributed by atoms with Crippen molar-refractivity contribution in [1.29, 1.82) is 0 Å². The van der Waals surface area contributed by atoms with Gasteiger partial charge < -0.3 is 16.0 Å². The van der Waals surface area contributed by atoms with Crippen molar-refractivity contribution in [3.63, 3.8) is 0 Å². The number of aromatic nitrogens is 4. The lowest BCUT2D eigenvalue weighted by molar-refractivity contribution is -0.121. The third-order valence-electron chi connectivity index (χ3n) is 6.50. The summed E-state index contributed by atoms with van der Waals surface area (Å²) in [5, 5.41) is 15.2. The third-order valence-corrected chi connectivity index (χ3v) is 7.40. The third kappa shape index (κ3) is 6.00. The van der Waals surface area contributed by atoms with Gasteiger partial charge in [-0.3, -0.25) is 14.5 Å². The SMILES string of the molecule is CCN(CC)C(C)CNC(=O)c1cc(NC(C)C(=O)NC)nc(-c2cnn3ccc(-c4cccs4)nc23)c1. The number of hydrogen-bond acceptors (Lipinski definition) is 8. The second-order valence-corrected chi connectivity index (χ2v) is 9.95. The molecule has 0 radical (unpaired) electrons. The zero-order chi connectivity index (χ0) is 27.2. The van der Waals surface area contributed by atoms with E-state index < -0.39 is 6.04 Å². The Balaban J connectivity index is 1.71. The molecule has 0 saturated carbocycles. The standard InChI is InChI=1S/C27H34N8O2S/c1-6-34(7-2)17(3)15-29-27(37)19-13-22(32-24(14-19)31-18(4)26(36)28-5)20-16-30-35-11-10-21(33-25(20)35)23-9-8-12-38-23/h8-14,16-18H,6-7,15H2,1-5H3,(H,28,36)(H,29,37)(H,31,32). The molecule has 4 heterocycles. The molecule has 0 aromatic carbocycles. The first-order valence-corrected chi connectivity index (χ1v) is 13.6. The van der Waals surface area contributed by atoms with Gasteiger partial charge in [0.1, 0.15) is 11.9 Å². The largest absolute Gasteiger partial charge is 0.359 e. The first-order chi connectivity index (χ1) is 18.3. The van der Waals surface area contributed by atoms with E-state index in [4.69, 9.17) is 9.97 Å². The summed E-state index contributed by atoms with van der Waals surface area (Å²) in [7, 11) is 1.58. The molecule has 3 N–H and O–H groups in total. The Bertz CT molecular complexity index is 1400. The summed E-state index contributed by atoms with van der Waals surface area (Å²) in [5.74, 6) is 0.0100. The van der Waals surface area contributed by atoms with Crippen LogP contribution in [0.3, 0.4) is 0 Å². The molecular weight excluding hydrogens is 500 g/mol. The van der Waals surface area contributed by atoms with Crippen LogP contribution in [-0.4, -0.2) is 75.1 Å². The summed E-state index contributed by atoms with van der Waals surface area (Å²) in [4.78, 5) is 38.3. The maximum absolute atomic E-state index is 13.3. The van der Waals surface area contributed by atoms with Crippen molar-refractivity contribution in [3.8, 4) is 21.8 Å². The fraction of sp³-hybridized carbons (Fsp3) is 0.370. The van der Waals surface area contributed by atoms with Crippen molar-refractivity contribution in [2.75, 3.05) is 32.0 Å². The van der Waals surface area contributed by atoms with Crippen molar-refractivity contribution in [1.82, 2.24) is 35.1 Å². The number of fused-ring (bicyclic) bond motifs is 1. The van der Waals surface area contributed by atoms with Gasteiger partial charge in [-0.2, -0.15) is 5.10 Å². The molecule has 0 spiro atoms. The van der Waals surface area contributed by atoms with Crippen LogP contribution in [0.5, 0.6) is 0 Å². The first-order valence-electron chi connectivity index (χ1n) is 12.8. The number of likely N-dealkylation sites (N-methyl/N-ethyl adjacent to an activating group) is 2. The number of nitrogens with zero attached hydrogens (tertiary/aromatic N) is 5. The fourth-order valence-electron chi connectivity index (χ4n) is 4.31. The van der Waals surface area contributed by atoms with Crippen LogP contribution in [0, 0.1) is 0 Å². The van der Waals surface area contributed by atoms with Crippen LogP contribution in [0.4, 0.5) is 5.82 Å². The van der Waals surface area contributed by atoms with Gasteiger partial charge in [0.15, 0.2) is 5.65 Å². The van der Waals surface area contributed by atoms with Gasteiger partial charge in [-0.25, -0.2) is 14.5 Å². The molecule has 0 aliphatic carbocycles. The van der Waals surface area contributed by atoms with E-state index in [1.54, 1.807) is 48.2 Å². The predicted molar refractivity (Wildman–Crippen MR) is 151 cm³/mol. The average molecular weight is 535 g/mol. The van der Waals surface area contributed by atoms with Gasteiger partial charge in [0, 0.05) is 31.4 Å². The highest BCUT2D eigenvalue weighted by Crippen LogP contribution is 2.28. The van der Waals surface area contributed by atoms with Crippen molar-refractivity contribution in [2.45, 2.75) is 39.8 Å². The average Bonchev–Trinajstić information content (AvgIpc) is 3.62. The Morgan fingerprint density at radius 1 is 1.11 bits per heavy atom. The van der Waals surface area contributed by atoms with Crippen molar-refractivity contribution < 1.29 is 9.59 Å². The predicted octanol–water partition coefficient (Wildman–Crippen LogP) is 3.53. The van der Waals surface area contributed by atoms with E-state index in [0.29, 0.717) is 34.8 Å². The quantitative estimate of drug-likeness (QED) is 0.270. The molecule has 11 heteroatoms. The number of nitrogens with one attached hydrogen (secondary N) is 3. The second kappa shape index (κ2) is 12.1. The van der Waals surface area contributed by atoms with Gasteiger partial charge >= 0.3 is 0 Å². The van der Waals surface area contributed by atoms with Gasteiger partial charge in [-0.15, -0.1) is 11.3 Å². The molecule has 2 atom stereocenters. The Kier molecular flexibility index (Phi) is 8.70. The van der Waals surface area contributed by atoms with E-state index in [9.17, 15) is 9.59 Å². The van der Waals surface area contributed by atoms with Crippen LogP contribution in [0.15, 0.2) is 48.1 Å². The summed E-state index contributed by atoms with van der Waals surface area (Å²) < 4.78 is 1.69. The minimum atomic E-state index is -0.547. The number of amides is 2. The van der Waals surface area contributed by atoms with E-state index in [-0.39, 0.29) is 17.9 Å². The number of pyridine rings is 1. The molecule has 0 aliphatic rings. The molecule has 0 aliphatic heterocycles. The van der Waals surface area contributed by atoms with Crippen LogP contribution in [-0.2, 0) is 4.79 Å². The first kappa shape index (κ1) is 27.2. The molecule has 200 valence electrons. The molecule has 4 aromatic heterocycles. The lowest BCUT2D eigenvalue weighted by Crippen LogP contribution is -2.42. The maximum atomic E-state index is 13.3. The number of thiophene rings is 1. The normalized spacial score (nSPS) is 12.9. The topological polar surface area (TPSA) is 117 Å². The van der Waals surface area contributed by atoms with Crippen molar-refractivity contribution in [2.24, 2.45) is 0 Å². The van der Waals surface area contributed by atoms with Crippen molar-refractivity contribution >= 4 is 34.6 Å². The minimum Gasteiger partial charge on any atom is -0.359 e. The fourth-order valence-corrected chi connectivity index (χ4v) is 5.00. The van der Waals surface area contributed by atoms with Crippen molar-refractivity contribution in [3.05, 3.63) is 53.7 Å². The summed E-state index contributed by atoms with van der Waals surface area (Å²) in [6, 6.07) is 8.97. The number of hydrogen-bond donors (Lipinski definition) is 3. The van der Waals surface area contributed by atoms with Crippen LogP contribution in [0.2, 0.25) is 0 Å². The lowest BCUT2D eigenvalue weighted by Gasteiger charge is -2.26. The van der Waals surface area contributed by atoms with Gasteiger partial charge in [0.2, 0.25) is 5.91 Å². The van der Waals surface area contributed by atoms with Crippen LogP contribution in [0.1, 0.15) is 38.1 Å². The summed E-state index contributed by atoms with van der Waals surface area (Å²) in [6.07, 6.45) is 3.55. The molecule has 0 saturated heterocycles. The Morgan fingerprint density at radius 2 is 1.89 bits per heavy atom. The molecule has 0 fully saturated rings. The Hall–Kier alpha value is -3.83. The van der Waals surface area contributed by atoms with E-state index >= 15 is 0 Å². The summed E-state index contributed by atoms with van der Waals surface area (Å²) >= 11 is 1.61. The Morgan fingerprint density at radius 3 is 2.58 bits per heavy atom. The Labute approximate surface area is 226 Å². The van der Waals surface area contributed by atoms with E-state index in [1.807, 2.05) is 29.8 Å². The van der Waals surface area contributed by atoms with Crippen LogP contribution >= 0.6 is 11.3 Å². The molecule has 2 amide bonds. The number of carbonyl (C=O) groups excluding carboxylic acids is 2. The minimum absolute atomic E-state index is 0.186. The van der Waals surface area contributed by atoms with E-state index in [0.717, 1.165) is 23.7 Å². The van der Waals surface area contributed by atoms with E-state index in [1.165, 1.54) is 0 Å². The highest BCUT2D eigenvalue weighted by Gasteiger charge is 2.19. The molecule has 4 aromatic rings. The molecular formula is C27H34N8O2S. The highest BCUT2D eigenvalue weighted by molar-refractivity contribution is 7.13. The molecule has 4 rings (SSSR count). The second-order valence-electron chi connectivity index (χ2n) is 9.00. The maximum Gasteiger partial charge on any atom is 0.251 e. The monoisotopic (exact) mass is 534 g/mol. The highest BCUT2D eigenvalue weighted by atomic mass is 32.1. The smallest absolute Gasteiger partial charge is 0.251 e. The summed E-state index contributed by atoms with van der Waals surface area (Å²) in [6.45, 7) is 10.4. The van der Waals surface area contributed by atoms with Gasteiger partial charge in [0.25, 0.3) is 5.91 Å². The van der Waals surface area contributed by atoms with Crippen LogP contribution in [0.25, 0.3) is 27.5 Å². The molecule has 0 bridgehead atoms. The summed E-state index contributed by atoms with van der Waals surface area (Å²) in [5.41, 5.74) is 3.11. The molecule has 10 nitrogen and oxygen atoms in total. The number of anilines is 1.